The molecule has 320 valence electrons. The summed E-state index contributed by atoms with van der Waals surface area (Å²) in [7, 11) is 2.01. The highest BCUT2D eigenvalue weighted by Gasteiger charge is 2.50. The standard InChI is InChI=1S/C23H19N5O2.C16H15BrN4O2.C7H6BNO2/c1-25-18-5-3-4-16(12-18)17-6-7-20-19(13-17)23(27-22(24)28(2)30-23)14-21(29-20)15-8-10-26-11-9-15;1-21-15(18)20-16(23-21)9-14(10-4-6-19-7-5-10)22-13-3-2-11(17)8-12(13)16;1-9-7-4-2-3-6(5-7)8(10)11/h3-13,21H,14H2,2H3,(H2,24,27);2-8,14H,9H2,1H3,(H2,18,20);2-5,10-11H. The molecule has 0 saturated heterocycles. The van der Waals surface area contributed by atoms with E-state index in [1.165, 1.54) is 16.2 Å². The Morgan fingerprint density at radius 1 is 0.656 bits per heavy atom. The van der Waals surface area contributed by atoms with E-state index in [9.17, 15) is 0 Å². The SMILES string of the molecule is CN1OC2(CC(c3ccncc3)Oc3ccc(Br)cc32)N=C1N.[C-]#[N+]c1cccc(-c2ccc3c(c2)C2(CC(c4ccncc4)O3)N=C(N)N(C)O2)c1.[C-]#[N+]c1cccc(B(O)O)c1. The Morgan fingerprint density at radius 2 is 1.14 bits per heavy atom. The number of aliphatic imine (C=N–C) groups is 2. The third-order valence-electron chi connectivity index (χ3n) is 10.8. The van der Waals surface area contributed by atoms with Crippen molar-refractivity contribution in [2.24, 2.45) is 21.5 Å². The van der Waals surface area contributed by atoms with Crippen LogP contribution in [0.3, 0.4) is 0 Å². The van der Waals surface area contributed by atoms with Gasteiger partial charge in [0.1, 0.15) is 23.7 Å². The third kappa shape index (κ3) is 8.95. The lowest BCUT2D eigenvalue weighted by atomic mass is 9.80. The van der Waals surface area contributed by atoms with Gasteiger partial charge in [-0.1, -0.05) is 64.5 Å². The van der Waals surface area contributed by atoms with E-state index in [2.05, 4.69) is 40.6 Å². The van der Waals surface area contributed by atoms with E-state index >= 15 is 0 Å². The highest BCUT2D eigenvalue weighted by Crippen LogP contribution is 2.52. The van der Waals surface area contributed by atoms with E-state index in [1.54, 1.807) is 63.1 Å². The lowest BCUT2D eigenvalue weighted by Gasteiger charge is -2.37. The fourth-order valence-corrected chi connectivity index (χ4v) is 8.02. The summed E-state index contributed by atoms with van der Waals surface area (Å²) in [5, 5.41) is 20.4. The molecule has 0 fully saturated rings. The number of fused-ring (bicyclic) bond motifs is 4. The van der Waals surface area contributed by atoms with Crippen molar-refractivity contribution in [1.29, 1.82) is 0 Å². The van der Waals surface area contributed by atoms with E-state index < -0.39 is 18.6 Å². The molecular weight excluding hydrogens is 879 g/mol. The molecule has 6 heterocycles. The van der Waals surface area contributed by atoms with Crippen LogP contribution in [0.2, 0.25) is 0 Å². The smallest absolute Gasteiger partial charge is 0.485 e. The van der Waals surface area contributed by atoms with Crippen LogP contribution in [0.4, 0.5) is 11.4 Å². The number of guanidine groups is 2. The summed E-state index contributed by atoms with van der Waals surface area (Å²) in [6.07, 6.45) is 7.56. The van der Waals surface area contributed by atoms with Crippen LogP contribution in [0.5, 0.6) is 11.5 Å². The fourth-order valence-electron chi connectivity index (χ4n) is 7.66. The Morgan fingerprint density at radius 3 is 1.64 bits per heavy atom. The first-order valence-corrected chi connectivity index (χ1v) is 20.6. The summed E-state index contributed by atoms with van der Waals surface area (Å²) in [5.41, 5.74) is 17.1. The monoisotopic (exact) mass is 918 g/mol. The van der Waals surface area contributed by atoms with Crippen LogP contribution in [0.15, 0.2) is 148 Å². The molecule has 0 bridgehead atoms. The number of hydrogen-bond acceptors (Lipinski definition) is 14. The van der Waals surface area contributed by atoms with Crippen molar-refractivity contribution in [3.8, 4) is 22.6 Å². The summed E-state index contributed by atoms with van der Waals surface area (Å²) < 4.78 is 13.4. The zero-order chi connectivity index (χ0) is 45.0. The number of benzene rings is 4. The Kier molecular flexibility index (Phi) is 12.3. The van der Waals surface area contributed by atoms with Crippen molar-refractivity contribution >= 4 is 51.8 Å². The first kappa shape index (κ1) is 43.3. The van der Waals surface area contributed by atoms with Crippen LogP contribution >= 0.6 is 15.9 Å². The van der Waals surface area contributed by atoms with Crippen molar-refractivity contribution < 1.29 is 29.2 Å². The molecule has 10 rings (SSSR count). The predicted molar refractivity (Wildman–Crippen MR) is 244 cm³/mol. The number of hydrogen-bond donors (Lipinski definition) is 4. The zero-order valence-corrected chi connectivity index (χ0v) is 36.1. The number of hydroxylamine groups is 4. The van der Waals surface area contributed by atoms with E-state index in [-0.39, 0.29) is 12.2 Å². The number of ether oxygens (including phenoxy) is 2. The maximum absolute atomic E-state index is 8.70. The minimum atomic E-state index is -1.49. The van der Waals surface area contributed by atoms with Gasteiger partial charge in [0, 0.05) is 56.2 Å². The van der Waals surface area contributed by atoms with Crippen molar-refractivity contribution in [2.75, 3.05) is 14.1 Å². The summed E-state index contributed by atoms with van der Waals surface area (Å²) in [6.45, 7) is 13.9. The maximum Gasteiger partial charge on any atom is 0.487 e. The molecule has 18 heteroatoms. The van der Waals surface area contributed by atoms with E-state index in [0.717, 1.165) is 43.6 Å². The molecule has 4 aromatic carbocycles. The van der Waals surface area contributed by atoms with Crippen LogP contribution in [-0.2, 0) is 21.1 Å². The van der Waals surface area contributed by atoms with Gasteiger partial charge in [-0.15, -0.1) is 0 Å². The number of nitrogens with two attached hydrogens (primary N) is 2. The van der Waals surface area contributed by atoms with Crippen LogP contribution in [0.25, 0.3) is 20.8 Å². The van der Waals surface area contributed by atoms with Gasteiger partial charge in [-0.05, 0) is 88.4 Å². The van der Waals surface area contributed by atoms with Gasteiger partial charge >= 0.3 is 7.12 Å². The zero-order valence-electron chi connectivity index (χ0n) is 34.5. The van der Waals surface area contributed by atoms with Crippen molar-refractivity contribution in [2.45, 2.75) is 36.5 Å². The molecule has 4 atom stereocenters. The molecule has 4 aliphatic heterocycles. The number of halogens is 1. The van der Waals surface area contributed by atoms with E-state index in [0.29, 0.717) is 47.3 Å². The first-order valence-electron chi connectivity index (χ1n) is 19.8. The van der Waals surface area contributed by atoms with E-state index in [4.69, 9.17) is 58.8 Å². The average Bonchev–Trinajstić information content (AvgIpc) is 3.77. The number of pyridine rings is 2. The predicted octanol–water partition coefficient (Wildman–Crippen LogP) is 6.80. The molecule has 0 amide bonds. The second-order valence-electron chi connectivity index (χ2n) is 15.0. The molecular formula is C46H40BBrN10O6. The largest absolute Gasteiger partial charge is 0.487 e. The highest BCUT2D eigenvalue weighted by atomic mass is 79.9. The lowest BCUT2D eigenvalue weighted by molar-refractivity contribution is -0.191. The number of nitrogens with zero attached hydrogens (tertiary/aromatic N) is 8. The molecule has 0 radical (unpaired) electrons. The molecule has 6 aromatic rings. The van der Waals surface area contributed by atoms with Gasteiger partial charge in [0.2, 0.25) is 23.4 Å². The minimum absolute atomic E-state index is 0.185. The van der Waals surface area contributed by atoms with Gasteiger partial charge in [-0.3, -0.25) is 9.97 Å². The van der Waals surface area contributed by atoms with Crippen molar-refractivity contribution in [1.82, 2.24) is 20.1 Å². The second kappa shape index (κ2) is 18.2. The molecule has 2 spiro atoms. The molecule has 64 heavy (non-hydrogen) atoms. The molecule has 4 unspecified atom stereocenters. The quantitative estimate of drug-likeness (QED) is 0.107. The van der Waals surface area contributed by atoms with Crippen LogP contribution in [0, 0.1) is 13.1 Å². The van der Waals surface area contributed by atoms with Gasteiger partial charge in [0.25, 0.3) is 0 Å². The third-order valence-corrected chi connectivity index (χ3v) is 11.3. The number of rotatable bonds is 4. The molecule has 16 nitrogen and oxygen atoms in total. The molecule has 4 aliphatic rings. The summed E-state index contributed by atoms with van der Waals surface area (Å²) >= 11 is 3.50. The molecule has 2 aromatic heterocycles. The van der Waals surface area contributed by atoms with Gasteiger partial charge in [-0.2, -0.15) is 0 Å². The van der Waals surface area contributed by atoms with Crippen LogP contribution in [-0.4, -0.2) is 63.3 Å². The molecule has 0 saturated carbocycles. The lowest BCUT2D eigenvalue weighted by Crippen LogP contribution is -2.36. The Hall–Kier alpha value is -7.32. The van der Waals surface area contributed by atoms with Gasteiger partial charge in [-0.25, -0.2) is 39.5 Å². The van der Waals surface area contributed by atoms with Crippen LogP contribution < -0.4 is 26.4 Å². The summed E-state index contributed by atoms with van der Waals surface area (Å²) in [6, 6.07) is 33.2. The minimum Gasteiger partial charge on any atom is -0.485 e. The van der Waals surface area contributed by atoms with Gasteiger partial charge < -0.3 is 31.0 Å². The highest BCUT2D eigenvalue weighted by molar-refractivity contribution is 9.10. The second-order valence-corrected chi connectivity index (χ2v) is 15.9. The average molecular weight is 920 g/mol. The Bertz CT molecular complexity index is 2830. The molecule has 6 N–H and O–H groups in total. The maximum atomic E-state index is 8.70. The Labute approximate surface area is 377 Å². The van der Waals surface area contributed by atoms with Gasteiger partial charge in [0.15, 0.2) is 11.4 Å². The first-order chi connectivity index (χ1) is 30.9. The van der Waals surface area contributed by atoms with Crippen molar-refractivity contribution in [3.05, 3.63) is 184 Å². The summed E-state index contributed by atoms with van der Waals surface area (Å²) in [5.74, 6) is 2.11. The Balaban J connectivity index is 0.000000145. The van der Waals surface area contributed by atoms with Crippen molar-refractivity contribution in [3.63, 3.8) is 0 Å². The normalized spacial score (nSPS) is 21.2. The van der Waals surface area contributed by atoms with Gasteiger partial charge in [0.05, 0.1) is 24.3 Å². The topological polar surface area (TPSA) is 195 Å². The van der Waals surface area contributed by atoms with Crippen LogP contribution in [0.1, 0.15) is 47.3 Å². The van der Waals surface area contributed by atoms with E-state index in [1.807, 2.05) is 78.9 Å². The fraction of sp³-hybridized carbons (Fsp3) is 0.174. The molecule has 0 aliphatic carbocycles. The number of aromatic nitrogens is 2. The summed E-state index contributed by atoms with van der Waals surface area (Å²) in [4.78, 5) is 36.3.